The monoisotopic (exact) mass is 353 g/mol. The molecule has 2 aromatic carbocycles. The minimum absolute atomic E-state index is 0.0628. The molecule has 0 fully saturated rings. The van der Waals surface area contributed by atoms with Gasteiger partial charge in [0.1, 0.15) is 5.75 Å². The van der Waals surface area contributed by atoms with Crippen LogP contribution in [0.4, 0.5) is 0 Å². The van der Waals surface area contributed by atoms with Crippen LogP contribution >= 0.6 is 11.6 Å². The van der Waals surface area contributed by atoms with Crippen LogP contribution in [0.15, 0.2) is 48.5 Å². The molecular formula is C17H20ClNO3S. The second kappa shape index (κ2) is 8.34. The maximum atomic E-state index is 12.0. The Morgan fingerprint density at radius 3 is 2.57 bits per heavy atom. The van der Waals surface area contributed by atoms with Gasteiger partial charge in [-0.25, -0.2) is 13.1 Å². The van der Waals surface area contributed by atoms with E-state index in [1.54, 1.807) is 31.4 Å². The molecule has 23 heavy (non-hydrogen) atoms. The van der Waals surface area contributed by atoms with Gasteiger partial charge in [-0.15, -0.1) is 0 Å². The molecule has 6 heteroatoms. The lowest BCUT2D eigenvalue weighted by molar-refractivity contribution is 0.414. The van der Waals surface area contributed by atoms with E-state index in [-0.39, 0.29) is 5.75 Å². The third kappa shape index (κ3) is 6.22. The van der Waals surface area contributed by atoms with Crippen molar-refractivity contribution >= 4 is 21.6 Å². The van der Waals surface area contributed by atoms with Crippen molar-refractivity contribution in [3.05, 3.63) is 64.7 Å². The van der Waals surface area contributed by atoms with Crippen LogP contribution in [-0.2, 0) is 22.2 Å². The summed E-state index contributed by atoms with van der Waals surface area (Å²) in [5.74, 6) is 0.747. The molecule has 1 N–H and O–H groups in total. The van der Waals surface area contributed by atoms with Gasteiger partial charge in [0.2, 0.25) is 10.0 Å². The lowest BCUT2D eigenvalue weighted by Crippen LogP contribution is -2.26. The number of methoxy groups -OCH3 is 1. The van der Waals surface area contributed by atoms with Gasteiger partial charge in [-0.3, -0.25) is 0 Å². The molecule has 0 heterocycles. The van der Waals surface area contributed by atoms with E-state index < -0.39 is 10.0 Å². The van der Waals surface area contributed by atoms with E-state index in [4.69, 9.17) is 16.3 Å². The number of nitrogens with one attached hydrogen (secondary N) is 1. The van der Waals surface area contributed by atoms with Crippen LogP contribution in [0.2, 0.25) is 5.02 Å². The fourth-order valence-corrected chi connectivity index (χ4v) is 3.63. The highest BCUT2D eigenvalue weighted by Gasteiger charge is 2.11. The Morgan fingerprint density at radius 1 is 1.09 bits per heavy atom. The molecule has 0 aliphatic heterocycles. The molecule has 4 nitrogen and oxygen atoms in total. The lowest BCUT2D eigenvalue weighted by atomic mass is 10.1. The maximum Gasteiger partial charge on any atom is 0.215 e. The predicted molar refractivity (Wildman–Crippen MR) is 93.4 cm³/mol. The number of benzene rings is 2. The van der Waals surface area contributed by atoms with Crippen molar-refractivity contribution in [1.82, 2.24) is 4.72 Å². The third-order valence-electron chi connectivity index (χ3n) is 3.34. The van der Waals surface area contributed by atoms with E-state index in [2.05, 4.69) is 4.72 Å². The summed E-state index contributed by atoms with van der Waals surface area (Å²) < 4.78 is 31.9. The first kappa shape index (κ1) is 17.8. The smallest absolute Gasteiger partial charge is 0.215 e. The molecule has 0 aromatic heterocycles. The van der Waals surface area contributed by atoms with Crippen molar-refractivity contribution in [2.24, 2.45) is 0 Å². The summed E-state index contributed by atoms with van der Waals surface area (Å²) in [6.45, 7) is 0.403. The van der Waals surface area contributed by atoms with Crippen molar-refractivity contribution in [3.63, 3.8) is 0 Å². The zero-order valence-electron chi connectivity index (χ0n) is 13.0. The van der Waals surface area contributed by atoms with E-state index in [1.807, 2.05) is 24.3 Å². The van der Waals surface area contributed by atoms with Crippen molar-refractivity contribution in [2.75, 3.05) is 13.7 Å². The zero-order valence-corrected chi connectivity index (χ0v) is 14.5. The van der Waals surface area contributed by atoms with E-state index in [0.29, 0.717) is 17.1 Å². The highest BCUT2D eigenvalue weighted by Crippen LogP contribution is 2.14. The van der Waals surface area contributed by atoms with Crippen LogP contribution in [-0.4, -0.2) is 22.1 Å². The molecule has 2 rings (SSSR count). The van der Waals surface area contributed by atoms with Crippen molar-refractivity contribution in [2.45, 2.75) is 18.6 Å². The largest absolute Gasteiger partial charge is 0.497 e. The molecule has 0 radical (unpaired) electrons. The van der Waals surface area contributed by atoms with Gasteiger partial charge in [0.05, 0.1) is 12.9 Å². The van der Waals surface area contributed by atoms with Gasteiger partial charge in [-0.1, -0.05) is 35.9 Å². The van der Waals surface area contributed by atoms with Gasteiger partial charge in [-0.05, 0) is 48.2 Å². The van der Waals surface area contributed by atoms with Crippen LogP contribution in [0.5, 0.6) is 5.75 Å². The van der Waals surface area contributed by atoms with E-state index in [0.717, 1.165) is 24.2 Å². The van der Waals surface area contributed by atoms with Crippen LogP contribution in [0.25, 0.3) is 0 Å². The lowest BCUT2D eigenvalue weighted by Gasteiger charge is -2.08. The average molecular weight is 354 g/mol. The zero-order chi connectivity index (χ0) is 16.7. The molecule has 0 bridgehead atoms. The first-order chi connectivity index (χ1) is 11.0. The summed E-state index contributed by atoms with van der Waals surface area (Å²) in [5.41, 5.74) is 1.80. The van der Waals surface area contributed by atoms with Gasteiger partial charge in [-0.2, -0.15) is 0 Å². The Kier molecular flexibility index (Phi) is 6.45. The summed E-state index contributed by atoms with van der Waals surface area (Å²) in [7, 11) is -1.72. The Hall–Kier alpha value is -1.56. The number of halogens is 1. The Labute approximate surface area is 142 Å². The third-order valence-corrected chi connectivity index (χ3v) is 4.94. The second-order valence-electron chi connectivity index (χ2n) is 5.24. The molecule has 0 aliphatic carbocycles. The van der Waals surface area contributed by atoms with Crippen LogP contribution in [0, 0.1) is 0 Å². The van der Waals surface area contributed by atoms with Gasteiger partial charge >= 0.3 is 0 Å². The van der Waals surface area contributed by atoms with Gasteiger partial charge in [0.25, 0.3) is 0 Å². The Morgan fingerprint density at radius 2 is 1.83 bits per heavy atom. The number of hydrogen-bond acceptors (Lipinski definition) is 3. The van der Waals surface area contributed by atoms with Crippen LogP contribution in [0.1, 0.15) is 17.5 Å². The van der Waals surface area contributed by atoms with E-state index >= 15 is 0 Å². The maximum absolute atomic E-state index is 12.0. The van der Waals surface area contributed by atoms with Crippen LogP contribution in [0.3, 0.4) is 0 Å². The summed E-state index contributed by atoms with van der Waals surface area (Å²) >= 11 is 5.87. The highest BCUT2D eigenvalue weighted by atomic mass is 35.5. The first-order valence-corrected chi connectivity index (χ1v) is 9.36. The van der Waals surface area contributed by atoms with Crippen LogP contribution < -0.4 is 9.46 Å². The number of sulfonamides is 1. The highest BCUT2D eigenvalue weighted by molar-refractivity contribution is 7.88. The minimum Gasteiger partial charge on any atom is -0.497 e. The number of ether oxygens (including phenoxy) is 1. The molecule has 0 atom stereocenters. The molecule has 0 spiro atoms. The molecular weight excluding hydrogens is 334 g/mol. The average Bonchev–Trinajstić information content (AvgIpc) is 2.51. The van der Waals surface area contributed by atoms with E-state index in [1.165, 1.54) is 0 Å². The summed E-state index contributed by atoms with van der Waals surface area (Å²) in [6, 6.07) is 14.7. The van der Waals surface area contributed by atoms with Gasteiger partial charge < -0.3 is 4.74 Å². The normalized spacial score (nSPS) is 11.4. The van der Waals surface area contributed by atoms with Crippen molar-refractivity contribution < 1.29 is 13.2 Å². The number of hydrogen-bond donors (Lipinski definition) is 1. The molecule has 0 saturated heterocycles. The van der Waals surface area contributed by atoms with Crippen molar-refractivity contribution in [3.8, 4) is 5.75 Å². The molecule has 2 aromatic rings. The Bertz CT molecular complexity index is 747. The predicted octanol–water partition coefficient (Wildman–Crippen LogP) is 3.40. The fourth-order valence-electron chi connectivity index (χ4n) is 2.25. The standard InChI is InChI=1S/C17H20ClNO3S/c1-22-17-9-3-5-14(12-17)7-4-10-19-23(20,21)13-15-6-2-8-16(18)11-15/h2-3,5-6,8-9,11-12,19H,4,7,10,13H2,1H3. The SMILES string of the molecule is COc1cccc(CCCNS(=O)(=O)Cc2cccc(Cl)c2)c1. The summed E-state index contributed by atoms with van der Waals surface area (Å²) in [4.78, 5) is 0. The molecule has 0 aliphatic rings. The van der Waals surface area contributed by atoms with Gasteiger partial charge in [0.15, 0.2) is 0 Å². The van der Waals surface area contributed by atoms with Crippen molar-refractivity contribution in [1.29, 1.82) is 0 Å². The minimum atomic E-state index is -3.35. The second-order valence-corrected chi connectivity index (χ2v) is 7.48. The number of rotatable bonds is 8. The molecule has 0 saturated carbocycles. The molecule has 0 amide bonds. The van der Waals surface area contributed by atoms with Gasteiger partial charge in [0, 0.05) is 11.6 Å². The molecule has 124 valence electrons. The quantitative estimate of drug-likeness (QED) is 0.740. The summed E-state index contributed by atoms with van der Waals surface area (Å²) in [5, 5.41) is 0.538. The molecule has 0 unspecified atom stereocenters. The topological polar surface area (TPSA) is 55.4 Å². The number of aryl methyl sites for hydroxylation is 1. The van der Waals surface area contributed by atoms with E-state index in [9.17, 15) is 8.42 Å². The summed E-state index contributed by atoms with van der Waals surface area (Å²) in [6.07, 6.45) is 1.51. The fraction of sp³-hybridized carbons (Fsp3) is 0.294. The first-order valence-electron chi connectivity index (χ1n) is 7.33. The Balaban J connectivity index is 1.80.